The predicted octanol–water partition coefficient (Wildman–Crippen LogP) is 1.90. The summed E-state index contributed by atoms with van der Waals surface area (Å²) in [6, 6.07) is 7.58. The first-order valence-electron chi connectivity index (χ1n) is 6.71. The monoisotopic (exact) mass is 298 g/mol. The lowest BCUT2D eigenvalue weighted by Crippen LogP contribution is -2.53. The van der Waals surface area contributed by atoms with Crippen LogP contribution in [0, 0.1) is 5.92 Å². The molecule has 0 heterocycles. The highest BCUT2D eigenvalue weighted by Crippen LogP contribution is 2.38. The lowest BCUT2D eigenvalue weighted by atomic mass is 9.95. The van der Waals surface area contributed by atoms with Crippen molar-refractivity contribution in [1.82, 2.24) is 5.32 Å². The highest BCUT2D eigenvalue weighted by atomic mass is 35.5. The van der Waals surface area contributed by atoms with Crippen LogP contribution in [0.3, 0.4) is 0 Å². The number of hydrogen-bond donors (Lipinski definition) is 2. The minimum absolute atomic E-state index is 0. The van der Waals surface area contributed by atoms with Crippen LogP contribution in [0.2, 0.25) is 0 Å². The normalized spacial score (nSPS) is 16.8. The fourth-order valence-corrected chi connectivity index (χ4v) is 2.37. The first-order chi connectivity index (χ1) is 9.07. The van der Waals surface area contributed by atoms with Gasteiger partial charge < -0.3 is 15.8 Å². The first-order valence-corrected chi connectivity index (χ1v) is 6.71. The van der Waals surface area contributed by atoms with Gasteiger partial charge in [0.1, 0.15) is 5.75 Å². The molecule has 112 valence electrons. The number of hydrogen-bond acceptors (Lipinski definition) is 3. The summed E-state index contributed by atoms with van der Waals surface area (Å²) >= 11 is 0. The molecule has 1 aromatic carbocycles. The average Bonchev–Trinajstić information content (AvgIpc) is 3.23. The number of carbonyl (C=O) groups is 1. The number of methoxy groups -OCH3 is 1. The molecule has 1 aliphatic rings. The van der Waals surface area contributed by atoms with Gasteiger partial charge in [-0.15, -0.1) is 12.4 Å². The fraction of sp³-hybridized carbons (Fsp3) is 0.533. The second-order valence-electron chi connectivity index (χ2n) is 5.47. The van der Waals surface area contributed by atoms with E-state index in [0.717, 1.165) is 24.2 Å². The third-order valence-corrected chi connectivity index (χ3v) is 3.83. The summed E-state index contributed by atoms with van der Waals surface area (Å²) in [7, 11) is 1.62. The molecule has 20 heavy (non-hydrogen) atoms. The molecule has 1 aliphatic carbocycles. The van der Waals surface area contributed by atoms with Crippen LogP contribution in [0.5, 0.6) is 5.75 Å². The minimum Gasteiger partial charge on any atom is -0.497 e. The Morgan fingerprint density at radius 1 is 1.50 bits per heavy atom. The summed E-state index contributed by atoms with van der Waals surface area (Å²) in [6.07, 6.45) is 2.68. The fourth-order valence-electron chi connectivity index (χ4n) is 2.37. The van der Waals surface area contributed by atoms with Crippen molar-refractivity contribution in [2.24, 2.45) is 11.7 Å². The summed E-state index contributed by atoms with van der Waals surface area (Å²) in [4.78, 5) is 12.1. The molecule has 5 heteroatoms. The van der Waals surface area contributed by atoms with Gasteiger partial charge in [0.05, 0.1) is 19.1 Å². The Labute approximate surface area is 126 Å². The van der Waals surface area contributed by atoms with E-state index in [9.17, 15) is 4.79 Å². The number of halogens is 1. The second kappa shape index (κ2) is 6.95. The smallest absolute Gasteiger partial charge is 0.224 e. The molecule has 1 fully saturated rings. The van der Waals surface area contributed by atoms with Crippen molar-refractivity contribution in [1.29, 1.82) is 0 Å². The van der Waals surface area contributed by atoms with E-state index in [4.69, 9.17) is 10.5 Å². The Bertz CT molecular complexity index is 463. The van der Waals surface area contributed by atoms with Crippen molar-refractivity contribution in [3.63, 3.8) is 0 Å². The third kappa shape index (κ3) is 4.12. The van der Waals surface area contributed by atoms with E-state index in [1.807, 2.05) is 31.2 Å². The van der Waals surface area contributed by atoms with Crippen molar-refractivity contribution >= 4 is 18.3 Å². The van der Waals surface area contributed by atoms with E-state index in [2.05, 4.69) is 5.32 Å². The number of ether oxygens (including phenoxy) is 1. The van der Waals surface area contributed by atoms with Gasteiger partial charge in [0.15, 0.2) is 0 Å². The van der Waals surface area contributed by atoms with E-state index >= 15 is 0 Å². The number of benzene rings is 1. The van der Waals surface area contributed by atoms with Gasteiger partial charge in [-0.05, 0) is 43.4 Å². The maximum Gasteiger partial charge on any atom is 0.224 e. The molecular formula is C15H23ClN2O2. The summed E-state index contributed by atoms with van der Waals surface area (Å²) in [6.45, 7) is 2.52. The number of rotatable bonds is 6. The van der Waals surface area contributed by atoms with Crippen LogP contribution >= 0.6 is 12.4 Å². The van der Waals surface area contributed by atoms with Crippen molar-refractivity contribution in [2.75, 3.05) is 13.7 Å². The van der Waals surface area contributed by atoms with Gasteiger partial charge in [0.25, 0.3) is 0 Å². The van der Waals surface area contributed by atoms with Crippen molar-refractivity contribution in [3.8, 4) is 5.75 Å². The topological polar surface area (TPSA) is 64.3 Å². The van der Waals surface area contributed by atoms with Gasteiger partial charge in [0.2, 0.25) is 5.91 Å². The molecule has 0 saturated heterocycles. The molecule has 0 bridgehead atoms. The number of nitrogens with two attached hydrogens (primary N) is 1. The first kappa shape index (κ1) is 16.8. The quantitative estimate of drug-likeness (QED) is 0.843. The van der Waals surface area contributed by atoms with E-state index in [1.54, 1.807) is 7.11 Å². The van der Waals surface area contributed by atoms with Gasteiger partial charge in [-0.25, -0.2) is 0 Å². The molecule has 0 aromatic heterocycles. The van der Waals surface area contributed by atoms with Gasteiger partial charge in [0, 0.05) is 6.54 Å². The lowest BCUT2D eigenvalue weighted by Gasteiger charge is -2.29. The average molecular weight is 299 g/mol. The molecule has 0 spiro atoms. The second-order valence-corrected chi connectivity index (χ2v) is 5.47. The van der Waals surface area contributed by atoms with Crippen LogP contribution in [0.25, 0.3) is 0 Å². The SMILES string of the molecule is COc1cccc(CC(=O)NC(C)(CN)C2CC2)c1.Cl. The minimum atomic E-state index is -0.254. The molecular weight excluding hydrogens is 276 g/mol. The Hall–Kier alpha value is -1.26. The molecule has 2 rings (SSSR count). The number of carbonyl (C=O) groups excluding carboxylic acids is 1. The zero-order valence-corrected chi connectivity index (χ0v) is 12.8. The largest absolute Gasteiger partial charge is 0.497 e. The van der Waals surface area contributed by atoms with Crippen LogP contribution in [-0.2, 0) is 11.2 Å². The molecule has 4 nitrogen and oxygen atoms in total. The molecule has 1 amide bonds. The van der Waals surface area contributed by atoms with Crippen molar-refractivity contribution in [3.05, 3.63) is 29.8 Å². The zero-order chi connectivity index (χ0) is 13.9. The van der Waals surface area contributed by atoms with Gasteiger partial charge in [-0.2, -0.15) is 0 Å². The maximum atomic E-state index is 12.1. The number of amides is 1. The Balaban J connectivity index is 0.00000200. The molecule has 1 aromatic rings. The summed E-state index contributed by atoms with van der Waals surface area (Å²) < 4.78 is 5.16. The van der Waals surface area contributed by atoms with Crippen LogP contribution < -0.4 is 15.8 Å². The Kier molecular flexibility index (Phi) is 5.84. The van der Waals surface area contributed by atoms with E-state index in [0.29, 0.717) is 18.9 Å². The summed E-state index contributed by atoms with van der Waals surface area (Å²) in [5.41, 5.74) is 6.50. The molecule has 1 saturated carbocycles. The van der Waals surface area contributed by atoms with E-state index in [-0.39, 0.29) is 23.9 Å². The van der Waals surface area contributed by atoms with Gasteiger partial charge >= 0.3 is 0 Å². The van der Waals surface area contributed by atoms with E-state index < -0.39 is 0 Å². The standard InChI is InChI=1S/C15H22N2O2.ClH/c1-15(10-16,12-6-7-12)17-14(18)9-11-4-3-5-13(8-11)19-2;/h3-5,8,12H,6-7,9-10,16H2,1-2H3,(H,17,18);1H. The summed E-state index contributed by atoms with van der Waals surface area (Å²) in [5.74, 6) is 1.33. The van der Waals surface area contributed by atoms with Crippen molar-refractivity contribution in [2.45, 2.75) is 31.7 Å². The predicted molar refractivity (Wildman–Crippen MR) is 82.3 cm³/mol. The Morgan fingerprint density at radius 3 is 2.75 bits per heavy atom. The van der Waals surface area contributed by atoms with Crippen LogP contribution in [-0.4, -0.2) is 25.1 Å². The van der Waals surface area contributed by atoms with Crippen molar-refractivity contribution < 1.29 is 9.53 Å². The highest BCUT2D eigenvalue weighted by Gasteiger charge is 2.41. The molecule has 0 aliphatic heterocycles. The Morgan fingerprint density at radius 2 is 2.20 bits per heavy atom. The molecule has 1 atom stereocenters. The maximum absolute atomic E-state index is 12.1. The van der Waals surface area contributed by atoms with Crippen LogP contribution in [0.4, 0.5) is 0 Å². The van der Waals surface area contributed by atoms with E-state index in [1.165, 1.54) is 0 Å². The highest BCUT2D eigenvalue weighted by molar-refractivity contribution is 5.85. The molecule has 3 N–H and O–H groups in total. The zero-order valence-electron chi connectivity index (χ0n) is 12.0. The van der Waals surface area contributed by atoms with Crippen LogP contribution in [0.1, 0.15) is 25.3 Å². The third-order valence-electron chi connectivity index (χ3n) is 3.83. The van der Waals surface area contributed by atoms with Crippen LogP contribution in [0.15, 0.2) is 24.3 Å². The van der Waals surface area contributed by atoms with Gasteiger partial charge in [-0.3, -0.25) is 4.79 Å². The lowest BCUT2D eigenvalue weighted by molar-refractivity contribution is -0.122. The molecule has 1 unspecified atom stereocenters. The summed E-state index contributed by atoms with van der Waals surface area (Å²) in [5, 5.41) is 3.09. The molecule has 0 radical (unpaired) electrons. The van der Waals surface area contributed by atoms with Gasteiger partial charge in [-0.1, -0.05) is 12.1 Å². The number of nitrogens with one attached hydrogen (secondary N) is 1.